The molecule has 1 fully saturated rings. The highest BCUT2D eigenvalue weighted by Gasteiger charge is 2.41. The third-order valence-electron chi connectivity index (χ3n) is 5.54. The molecule has 1 N–H and O–H groups in total. The minimum atomic E-state index is -0.958. The molecule has 1 aliphatic carbocycles. The second-order valence-corrected chi connectivity index (χ2v) is 7.79. The minimum Gasteiger partial charge on any atom is -0.493 e. The molecule has 0 radical (unpaired) electrons. The van der Waals surface area contributed by atoms with Gasteiger partial charge < -0.3 is 19.5 Å². The fourth-order valence-electron chi connectivity index (χ4n) is 3.88. The van der Waals surface area contributed by atoms with E-state index in [1.165, 1.54) is 32.4 Å². The molecule has 0 spiro atoms. The van der Waals surface area contributed by atoms with E-state index in [0.29, 0.717) is 29.9 Å². The molecule has 3 rings (SSSR count). The van der Waals surface area contributed by atoms with Gasteiger partial charge in [0.05, 0.1) is 14.2 Å². The Morgan fingerprint density at radius 1 is 1.06 bits per heavy atom. The predicted molar refractivity (Wildman–Crippen MR) is 119 cm³/mol. The van der Waals surface area contributed by atoms with Gasteiger partial charge in [-0.3, -0.25) is 4.79 Å². The zero-order chi connectivity index (χ0) is 23.0. The van der Waals surface area contributed by atoms with Gasteiger partial charge >= 0.3 is 5.97 Å². The summed E-state index contributed by atoms with van der Waals surface area (Å²) in [6.45, 7) is 0.196. The summed E-state index contributed by atoms with van der Waals surface area (Å²) in [6, 6.07) is 11.4. The van der Waals surface area contributed by atoms with E-state index in [2.05, 4.69) is 5.32 Å². The van der Waals surface area contributed by atoms with E-state index >= 15 is 0 Å². The molecule has 0 aliphatic heterocycles. The number of ether oxygens (including phenoxy) is 3. The first-order valence-electron chi connectivity index (χ1n) is 10.6. The van der Waals surface area contributed by atoms with Crippen molar-refractivity contribution in [3.05, 3.63) is 65.5 Å². The second-order valence-electron chi connectivity index (χ2n) is 7.79. The summed E-state index contributed by atoms with van der Waals surface area (Å²) in [4.78, 5) is 24.8. The number of rotatable bonds is 8. The van der Waals surface area contributed by atoms with Crippen LogP contribution in [0.4, 0.5) is 4.39 Å². The van der Waals surface area contributed by atoms with E-state index in [9.17, 15) is 14.0 Å². The smallest absolute Gasteiger partial charge is 0.331 e. The van der Waals surface area contributed by atoms with Crippen LogP contribution in [0.1, 0.15) is 43.2 Å². The van der Waals surface area contributed by atoms with Crippen molar-refractivity contribution in [1.29, 1.82) is 0 Å². The maximum Gasteiger partial charge on any atom is 0.331 e. The van der Waals surface area contributed by atoms with Gasteiger partial charge in [-0.2, -0.15) is 0 Å². The zero-order valence-electron chi connectivity index (χ0n) is 18.4. The Balaban J connectivity index is 1.66. The van der Waals surface area contributed by atoms with Crippen LogP contribution in [-0.2, 0) is 20.9 Å². The average molecular weight is 441 g/mol. The molecule has 1 saturated carbocycles. The molecule has 1 amide bonds. The first-order chi connectivity index (χ1) is 15.5. The molecule has 0 atom stereocenters. The molecular formula is C25H28FNO5. The zero-order valence-corrected chi connectivity index (χ0v) is 18.4. The highest BCUT2D eigenvalue weighted by molar-refractivity contribution is 5.96. The number of esters is 1. The van der Waals surface area contributed by atoms with Crippen LogP contribution < -0.4 is 14.8 Å². The number of hydrogen-bond acceptors (Lipinski definition) is 5. The van der Waals surface area contributed by atoms with Gasteiger partial charge in [0.25, 0.3) is 0 Å². The highest BCUT2D eigenvalue weighted by Crippen LogP contribution is 2.31. The summed E-state index contributed by atoms with van der Waals surface area (Å²) < 4.78 is 29.4. The Bertz CT molecular complexity index is 982. The fourth-order valence-corrected chi connectivity index (χ4v) is 3.88. The van der Waals surface area contributed by atoms with Crippen molar-refractivity contribution >= 4 is 18.0 Å². The third-order valence-corrected chi connectivity index (χ3v) is 5.54. The maximum absolute atomic E-state index is 13.3. The molecule has 1 aliphatic rings. The second kappa shape index (κ2) is 10.8. The molecule has 0 aromatic heterocycles. The van der Waals surface area contributed by atoms with Crippen molar-refractivity contribution < 1.29 is 28.2 Å². The van der Waals surface area contributed by atoms with Crippen LogP contribution in [0.3, 0.4) is 0 Å². The van der Waals surface area contributed by atoms with Crippen molar-refractivity contribution in [3.63, 3.8) is 0 Å². The highest BCUT2D eigenvalue weighted by atomic mass is 19.1. The van der Waals surface area contributed by atoms with E-state index in [1.54, 1.807) is 36.4 Å². The summed E-state index contributed by atoms with van der Waals surface area (Å²) >= 11 is 0. The van der Waals surface area contributed by atoms with Gasteiger partial charge in [-0.1, -0.05) is 37.5 Å². The number of hydrogen-bond donors (Lipinski definition) is 1. The quantitative estimate of drug-likeness (QED) is 0.485. The van der Waals surface area contributed by atoms with Crippen molar-refractivity contribution in [1.82, 2.24) is 5.32 Å². The van der Waals surface area contributed by atoms with E-state index in [4.69, 9.17) is 14.2 Å². The largest absolute Gasteiger partial charge is 0.493 e. The van der Waals surface area contributed by atoms with E-state index in [-0.39, 0.29) is 18.3 Å². The van der Waals surface area contributed by atoms with Crippen molar-refractivity contribution in [2.45, 2.75) is 44.2 Å². The van der Waals surface area contributed by atoms with Crippen LogP contribution in [0.2, 0.25) is 0 Å². The van der Waals surface area contributed by atoms with Crippen LogP contribution in [0, 0.1) is 5.82 Å². The number of halogens is 1. The Morgan fingerprint density at radius 2 is 1.84 bits per heavy atom. The van der Waals surface area contributed by atoms with Crippen molar-refractivity contribution in [2.24, 2.45) is 0 Å². The lowest BCUT2D eigenvalue weighted by atomic mass is 9.81. The lowest BCUT2D eigenvalue weighted by Gasteiger charge is -2.34. The first kappa shape index (κ1) is 23.3. The predicted octanol–water partition coefficient (Wildman–Crippen LogP) is 4.42. The standard InChI is InChI=1S/C25H28FNO5/c1-30-22-16-18(9-11-21(22)32-17-19-7-6-8-20(26)15-19)10-12-23(28)27-25(24(29)31-2)13-4-3-5-14-25/h6-12,15-16H,3-5,13-14,17H2,1-2H3,(H,27,28)/b12-10+. The van der Waals surface area contributed by atoms with E-state index < -0.39 is 11.5 Å². The molecule has 7 heteroatoms. The Kier molecular flexibility index (Phi) is 7.87. The number of methoxy groups -OCH3 is 2. The summed E-state index contributed by atoms with van der Waals surface area (Å²) in [5.41, 5.74) is 0.474. The molecule has 32 heavy (non-hydrogen) atoms. The van der Waals surface area contributed by atoms with Crippen molar-refractivity contribution in [2.75, 3.05) is 14.2 Å². The molecule has 2 aromatic carbocycles. The van der Waals surface area contributed by atoms with Gasteiger partial charge in [-0.25, -0.2) is 9.18 Å². The van der Waals surface area contributed by atoms with Crippen LogP contribution >= 0.6 is 0 Å². The van der Waals surface area contributed by atoms with Crippen LogP contribution in [0.25, 0.3) is 6.08 Å². The van der Waals surface area contributed by atoms with Gasteiger partial charge in [-0.05, 0) is 54.3 Å². The molecule has 0 unspecified atom stereocenters. The van der Waals surface area contributed by atoms with Gasteiger partial charge in [0, 0.05) is 6.08 Å². The summed E-state index contributed by atoms with van der Waals surface area (Å²) in [6.07, 6.45) is 6.96. The number of carbonyl (C=O) groups is 2. The Labute approximate surface area is 187 Å². The van der Waals surface area contributed by atoms with Crippen molar-refractivity contribution in [3.8, 4) is 11.5 Å². The molecule has 170 valence electrons. The number of amides is 1. The third kappa shape index (κ3) is 5.87. The monoisotopic (exact) mass is 441 g/mol. The molecule has 0 bridgehead atoms. The summed E-state index contributed by atoms with van der Waals surface area (Å²) in [5, 5.41) is 2.85. The lowest BCUT2D eigenvalue weighted by Crippen LogP contribution is -2.55. The average Bonchev–Trinajstić information content (AvgIpc) is 2.81. The molecule has 2 aromatic rings. The number of benzene rings is 2. The van der Waals surface area contributed by atoms with Gasteiger partial charge in [0.2, 0.25) is 5.91 Å². The lowest BCUT2D eigenvalue weighted by molar-refractivity contribution is -0.152. The first-order valence-corrected chi connectivity index (χ1v) is 10.6. The summed E-state index contributed by atoms with van der Waals surface area (Å²) in [7, 11) is 2.86. The molecular weight excluding hydrogens is 413 g/mol. The number of nitrogens with one attached hydrogen (secondary N) is 1. The van der Waals surface area contributed by atoms with Gasteiger partial charge in [0.1, 0.15) is 18.0 Å². The minimum absolute atomic E-state index is 0.196. The maximum atomic E-state index is 13.3. The van der Waals surface area contributed by atoms with Gasteiger partial charge in [-0.15, -0.1) is 0 Å². The SMILES string of the molecule is COC(=O)C1(NC(=O)/C=C/c2ccc(OCc3cccc(F)c3)c(OC)c2)CCCCC1. The van der Waals surface area contributed by atoms with Crippen LogP contribution in [0.15, 0.2) is 48.5 Å². The fraction of sp³-hybridized carbons (Fsp3) is 0.360. The summed E-state index contributed by atoms with van der Waals surface area (Å²) in [5.74, 6) is -0.0883. The molecule has 6 nitrogen and oxygen atoms in total. The van der Waals surface area contributed by atoms with Crippen LogP contribution in [0.5, 0.6) is 11.5 Å². The van der Waals surface area contributed by atoms with Crippen LogP contribution in [-0.4, -0.2) is 31.6 Å². The van der Waals surface area contributed by atoms with E-state index in [0.717, 1.165) is 24.8 Å². The normalized spacial score (nSPS) is 15.2. The molecule has 0 saturated heterocycles. The van der Waals surface area contributed by atoms with E-state index in [1.807, 2.05) is 0 Å². The number of carbonyl (C=O) groups excluding carboxylic acids is 2. The topological polar surface area (TPSA) is 73.9 Å². The Morgan fingerprint density at radius 3 is 2.53 bits per heavy atom. The van der Waals surface area contributed by atoms with Gasteiger partial charge in [0.15, 0.2) is 11.5 Å². The molecule has 0 heterocycles. The Hall–Kier alpha value is -3.35.